The number of nitrogens with one attached hydrogen (secondary N) is 1. The lowest BCUT2D eigenvalue weighted by Gasteiger charge is -2.29. The predicted molar refractivity (Wildman–Crippen MR) is 104 cm³/mol. The molecule has 1 saturated heterocycles. The summed E-state index contributed by atoms with van der Waals surface area (Å²) in [5.41, 5.74) is 0.797. The zero-order valence-electron chi connectivity index (χ0n) is 15.9. The Balaban J connectivity index is 1.61. The maximum Gasteiger partial charge on any atom is 0.407 e. The van der Waals surface area contributed by atoms with Gasteiger partial charge < -0.3 is 15.3 Å². The summed E-state index contributed by atoms with van der Waals surface area (Å²) in [5, 5.41) is 20.1. The molecule has 30 heavy (non-hydrogen) atoms. The van der Waals surface area contributed by atoms with E-state index in [1.165, 1.54) is 23.4 Å². The predicted octanol–water partition coefficient (Wildman–Crippen LogP) is 1.82. The summed E-state index contributed by atoms with van der Waals surface area (Å²) in [6.45, 7) is 0.769. The van der Waals surface area contributed by atoms with Crippen LogP contribution < -0.4 is 5.32 Å². The molecule has 2 aromatic heterocycles. The van der Waals surface area contributed by atoms with Gasteiger partial charge in [-0.25, -0.2) is 32.3 Å². The van der Waals surface area contributed by atoms with E-state index < -0.39 is 21.7 Å². The van der Waals surface area contributed by atoms with Gasteiger partial charge in [0, 0.05) is 19.3 Å². The number of hydrogen-bond acceptors (Lipinski definition) is 8. The van der Waals surface area contributed by atoms with Crippen molar-refractivity contribution in [1.29, 1.82) is 0 Å². The molecule has 1 aliphatic heterocycles. The summed E-state index contributed by atoms with van der Waals surface area (Å²) in [5.74, 6) is -0.529. The standard InChI is InChI=1S/C17H18FN7O4S/c1-30(28,29)11-2-3-13(12(18)8-11)21-15-14-16(20-9-19-15)25(23-22-14)10-4-6-24(7-5-10)17(26)27/h2-3,8-10H,4-7H2,1H3,(H,26,27)(H,19,20,21). The Morgan fingerprint density at radius 2 is 2.00 bits per heavy atom. The topological polar surface area (TPSA) is 143 Å². The number of piperidine rings is 1. The van der Waals surface area contributed by atoms with Crippen molar-refractivity contribution in [3.8, 4) is 0 Å². The molecule has 3 heterocycles. The maximum atomic E-state index is 14.4. The third-order valence-electron chi connectivity index (χ3n) is 4.96. The van der Waals surface area contributed by atoms with Gasteiger partial charge in [0.05, 0.1) is 16.6 Å². The van der Waals surface area contributed by atoms with Gasteiger partial charge in [0.1, 0.15) is 12.1 Å². The second-order valence-corrected chi connectivity index (χ2v) is 8.98. The van der Waals surface area contributed by atoms with E-state index in [1.807, 2.05) is 0 Å². The monoisotopic (exact) mass is 435 g/mol. The summed E-state index contributed by atoms with van der Waals surface area (Å²) >= 11 is 0. The highest BCUT2D eigenvalue weighted by Gasteiger charge is 2.26. The third-order valence-corrected chi connectivity index (χ3v) is 6.07. The second kappa shape index (κ2) is 7.48. The molecule has 0 spiro atoms. The SMILES string of the molecule is CS(=O)(=O)c1ccc(Nc2ncnc3c2nnn3C2CCN(C(=O)O)CC2)c(F)c1. The van der Waals surface area contributed by atoms with Crippen molar-refractivity contribution in [2.75, 3.05) is 24.7 Å². The molecule has 13 heteroatoms. The quantitative estimate of drug-likeness (QED) is 0.627. The molecule has 0 radical (unpaired) electrons. The van der Waals surface area contributed by atoms with Gasteiger partial charge in [-0.2, -0.15) is 0 Å². The molecular formula is C17H18FN7O4S. The van der Waals surface area contributed by atoms with Crippen LogP contribution in [-0.2, 0) is 9.84 Å². The maximum absolute atomic E-state index is 14.4. The number of halogens is 1. The third kappa shape index (κ3) is 3.75. The van der Waals surface area contributed by atoms with Crippen molar-refractivity contribution in [2.45, 2.75) is 23.8 Å². The molecule has 1 amide bonds. The fourth-order valence-corrected chi connectivity index (χ4v) is 3.99. The van der Waals surface area contributed by atoms with E-state index in [4.69, 9.17) is 5.11 Å². The van der Waals surface area contributed by atoms with Crippen molar-refractivity contribution in [2.24, 2.45) is 0 Å². The summed E-state index contributed by atoms with van der Waals surface area (Å²) in [6.07, 6.45) is 2.48. The average molecular weight is 435 g/mol. The molecular weight excluding hydrogens is 417 g/mol. The molecule has 1 fully saturated rings. The number of sulfone groups is 1. The van der Waals surface area contributed by atoms with Crippen LogP contribution in [0.5, 0.6) is 0 Å². The summed E-state index contributed by atoms with van der Waals surface area (Å²) < 4.78 is 39.2. The number of carbonyl (C=O) groups is 1. The minimum Gasteiger partial charge on any atom is -0.465 e. The van der Waals surface area contributed by atoms with Gasteiger partial charge in [-0.05, 0) is 31.0 Å². The lowest BCUT2D eigenvalue weighted by molar-refractivity contribution is 0.124. The van der Waals surface area contributed by atoms with E-state index in [1.54, 1.807) is 4.68 Å². The van der Waals surface area contributed by atoms with Crippen LogP contribution in [0.15, 0.2) is 29.4 Å². The van der Waals surface area contributed by atoms with Crippen LogP contribution in [0.1, 0.15) is 18.9 Å². The van der Waals surface area contributed by atoms with Crippen molar-refractivity contribution < 1.29 is 22.7 Å². The summed E-state index contributed by atoms with van der Waals surface area (Å²) in [6, 6.07) is 3.47. The van der Waals surface area contributed by atoms with Gasteiger partial charge >= 0.3 is 6.09 Å². The lowest BCUT2D eigenvalue weighted by Crippen LogP contribution is -2.38. The van der Waals surface area contributed by atoms with Crippen LogP contribution in [0.4, 0.5) is 20.7 Å². The van der Waals surface area contributed by atoms with E-state index in [9.17, 15) is 17.6 Å². The number of amides is 1. The van der Waals surface area contributed by atoms with Crippen LogP contribution in [0.3, 0.4) is 0 Å². The normalized spacial score (nSPS) is 15.5. The number of benzene rings is 1. The minimum absolute atomic E-state index is 0.0340. The highest BCUT2D eigenvalue weighted by molar-refractivity contribution is 7.90. The lowest BCUT2D eigenvalue weighted by atomic mass is 10.1. The largest absolute Gasteiger partial charge is 0.465 e. The highest BCUT2D eigenvalue weighted by Crippen LogP contribution is 2.28. The molecule has 0 bridgehead atoms. The zero-order chi connectivity index (χ0) is 21.5. The molecule has 4 rings (SSSR count). The first-order valence-electron chi connectivity index (χ1n) is 9.04. The number of rotatable bonds is 4. The molecule has 11 nitrogen and oxygen atoms in total. The molecule has 2 N–H and O–H groups in total. The van der Waals surface area contributed by atoms with Gasteiger partial charge in [-0.1, -0.05) is 5.21 Å². The Kier molecular flexibility index (Phi) is 4.97. The van der Waals surface area contributed by atoms with Crippen molar-refractivity contribution in [1.82, 2.24) is 29.9 Å². The molecule has 0 unspecified atom stereocenters. The Labute approximate surface area is 170 Å². The Morgan fingerprint density at radius 1 is 1.27 bits per heavy atom. The van der Waals surface area contributed by atoms with Crippen LogP contribution >= 0.6 is 0 Å². The smallest absolute Gasteiger partial charge is 0.407 e. The first-order valence-corrected chi connectivity index (χ1v) is 10.9. The van der Waals surface area contributed by atoms with Crippen molar-refractivity contribution >= 4 is 38.6 Å². The number of nitrogens with zero attached hydrogens (tertiary/aromatic N) is 6. The van der Waals surface area contributed by atoms with Gasteiger partial charge in [0.2, 0.25) is 0 Å². The average Bonchev–Trinajstić information content (AvgIpc) is 3.14. The Morgan fingerprint density at radius 3 is 2.63 bits per heavy atom. The second-order valence-electron chi connectivity index (χ2n) is 6.97. The number of anilines is 2. The molecule has 0 atom stereocenters. The van der Waals surface area contributed by atoms with Crippen LogP contribution in [-0.4, -0.2) is 68.8 Å². The number of hydrogen-bond donors (Lipinski definition) is 2. The zero-order valence-corrected chi connectivity index (χ0v) is 16.7. The molecule has 158 valence electrons. The van der Waals surface area contributed by atoms with E-state index in [0.717, 1.165) is 12.3 Å². The van der Waals surface area contributed by atoms with Gasteiger partial charge in [0.15, 0.2) is 26.8 Å². The van der Waals surface area contributed by atoms with Crippen molar-refractivity contribution in [3.63, 3.8) is 0 Å². The van der Waals surface area contributed by atoms with E-state index in [-0.39, 0.29) is 22.4 Å². The molecule has 0 aliphatic carbocycles. The minimum atomic E-state index is -3.53. The molecule has 0 saturated carbocycles. The van der Waals surface area contributed by atoms with Crippen LogP contribution in [0.25, 0.3) is 11.2 Å². The number of fused-ring (bicyclic) bond motifs is 1. The molecule has 3 aromatic rings. The fourth-order valence-electron chi connectivity index (χ4n) is 3.36. The Bertz CT molecular complexity index is 1220. The molecule has 1 aromatic carbocycles. The van der Waals surface area contributed by atoms with Crippen LogP contribution in [0, 0.1) is 5.82 Å². The first-order chi connectivity index (χ1) is 14.2. The van der Waals surface area contributed by atoms with Gasteiger partial charge in [-0.15, -0.1) is 5.10 Å². The summed E-state index contributed by atoms with van der Waals surface area (Å²) in [4.78, 5) is 20.6. The van der Waals surface area contributed by atoms with Crippen molar-refractivity contribution in [3.05, 3.63) is 30.3 Å². The van der Waals surface area contributed by atoms with E-state index >= 15 is 0 Å². The fraction of sp³-hybridized carbons (Fsp3) is 0.353. The number of likely N-dealkylation sites (tertiary alicyclic amines) is 1. The molecule has 1 aliphatic rings. The van der Waals surface area contributed by atoms with E-state index in [0.29, 0.717) is 37.1 Å². The Hall–Kier alpha value is -3.35. The first kappa shape index (κ1) is 19.9. The summed E-state index contributed by atoms with van der Waals surface area (Å²) in [7, 11) is -3.53. The number of aromatic nitrogens is 5. The van der Waals surface area contributed by atoms with Gasteiger partial charge in [-0.3, -0.25) is 0 Å². The van der Waals surface area contributed by atoms with Gasteiger partial charge in [0.25, 0.3) is 0 Å². The number of carboxylic acid groups (broad SMARTS) is 1. The van der Waals surface area contributed by atoms with Crippen LogP contribution in [0.2, 0.25) is 0 Å². The highest BCUT2D eigenvalue weighted by atomic mass is 32.2. The van der Waals surface area contributed by atoms with E-state index in [2.05, 4.69) is 25.6 Å².